The van der Waals surface area contributed by atoms with Gasteiger partial charge in [0.15, 0.2) is 0 Å². The van der Waals surface area contributed by atoms with Gasteiger partial charge in [0, 0.05) is 17.5 Å². The quantitative estimate of drug-likeness (QED) is 0.667. The van der Waals surface area contributed by atoms with Gasteiger partial charge in [0.25, 0.3) is 5.69 Å². The second kappa shape index (κ2) is 6.74. The Morgan fingerprint density at radius 3 is 2.70 bits per heavy atom. The van der Waals surface area contributed by atoms with Crippen LogP contribution in [0, 0.1) is 10.1 Å². The number of hydrogen-bond donors (Lipinski definition) is 1. The van der Waals surface area contributed by atoms with E-state index in [1.54, 1.807) is 24.3 Å². The fourth-order valence-corrected chi connectivity index (χ4v) is 3.16. The van der Waals surface area contributed by atoms with Gasteiger partial charge in [0.1, 0.15) is 0 Å². The van der Waals surface area contributed by atoms with E-state index in [-0.39, 0.29) is 10.6 Å². The molecule has 0 aliphatic heterocycles. The Hall–Kier alpha value is -1.56. The molecule has 0 saturated heterocycles. The van der Waals surface area contributed by atoms with Crippen molar-refractivity contribution in [2.45, 2.75) is 16.3 Å². The van der Waals surface area contributed by atoms with Crippen LogP contribution in [0.4, 0.5) is 5.69 Å². The molecule has 0 amide bonds. The Balaban J connectivity index is 2.42. The maximum Gasteiger partial charge on any atom is 0.283 e. The summed E-state index contributed by atoms with van der Waals surface area (Å²) in [6.07, 6.45) is 0. The lowest BCUT2D eigenvalue weighted by Gasteiger charge is -2.10. The summed E-state index contributed by atoms with van der Waals surface area (Å²) in [6, 6.07) is 12.3. The number of benzene rings is 2. The van der Waals surface area contributed by atoms with Crippen LogP contribution in [0.2, 0.25) is 5.02 Å². The van der Waals surface area contributed by atoms with Crippen LogP contribution < -0.4 is 5.32 Å². The van der Waals surface area contributed by atoms with Crippen molar-refractivity contribution in [1.29, 1.82) is 0 Å². The first-order valence-electron chi connectivity index (χ1n) is 5.96. The fourth-order valence-electron chi connectivity index (χ4n) is 1.80. The van der Waals surface area contributed by atoms with E-state index in [0.717, 1.165) is 10.5 Å². The minimum Gasteiger partial charge on any atom is -0.316 e. The normalized spacial score (nSPS) is 10.5. The van der Waals surface area contributed by atoms with Gasteiger partial charge < -0.3 is 5.32 Å². The van der Waals surface area contributed by atoms with Gasteiger partial charge in [-0.2, -0.15) is 0 Å². The highest BCUT2D eigenvalue weighted by Gasteiger charge is 2.16. The van der Waals surface area contributed by atoms with Crippen molar-refractivity contribution in [2.24, 2.45) is 0 Å². The number of hydrogen-bond acceptors (Lipinski definition) is 4. The predicted octanol–water partition coefficient (Wildman–Crippen LogP) is 4.12. The number of para-hydroxylation sites is 1. The summed E-state index contributed by atoms with van der Waals surface area (Å²) in [6.45, 7) is 0.656. The largest absolute Gasteiger partial charge is 0.316 e. The van der Waals surface area contributed by atoms with E-state index < -0.39 is 0 Å². The minimum atomic E-state index is -0.378. The monoisotopic (exact) mass is 308 g/mol. The number of nitro groups is 1. The van der Waals surface area contributed by atoms with E-state index in [1.165, 1.54) is 17.8 Å². The molecule has 0 spiro atoms. The van der Waals surface area contributed by atoms with Crippen LogP contribution in [-0.2, 0) is 6.54 Å². The number of nitrogens with zero attached hydrogens (tertiary/aromatic N) is 1. The third-order valence-corrected chi connectivity index (χ3v) is 4.37. The first-order valence-corrected chi connectivity index (χ1v) is 7.16. The van der Waals surface area contributed by atoms with Gasteiger partial charge >= 0.3 is 0 Å². The van der Waals surface area contributed by atoms with Gasteiger partial charge in [0.05, 0.1) is 14.8 Å². The second-order valence-corrected chi connectivity index (χ2v) is 5.54. The summed E-state index contributed by atoms with van der Waals surface area (Å²) < 4.78 is 0. The average molecular weight is 309 g/mol. The van der Waals surface area contributed by atoms with Gasteiger partial charge in [-0.05, 0) is 24.7 Å². The first kappa shape index (κ1) is 14.8. The third-order valence-electron chi connectivity index (χ3n) is 2.69. The molecule has 0 bridgehead atoms. The second-order valence-electron chi connectivity index (χ2n) is 4.09. The zero-order chi connectivity index (χ0) is 14.5. The van der Waals surface area contributed by atoms with Crippen LogP contribution in [0.1, 0.15) is 5.56 Å². The third kappa shape index (κ3) is 3.30. The molecule has 0 aromatic heterocycles. The lowest BCUT2D eigenvalue weighted by molar-refractivity contribution is -0.387. The van der Waals surface area contributed by atoms with Crippen molar-refractivity contribution in [3.63, 3.8) is 0 Å². The van der Waals surface area contributed by atoms with E-state index in [9.17, 15) is 10.1 Å². The van der Waals surface area contributed by atoms with E-state index >= 15 is 0 Å². The van der Waals surface area contributed by atoms with E-state index in [2.05, 4.69) is 5.32 Å². The zero-order valence-electron chi connectivity index (χ0n) is 10.8. The molecule has 2 aromatic carbocycles. The summed E-state index contributed by atoms with van der Waals surface area (Å²) in [7, 11) is 1.85. The van der Waals surface area contributed by atoms with Crippen molar-refractivity contribution in [1.82, 2.24) is 5.32 Å². The molecule has 2 aromatic rings. The van der Waals surface area contributed by atoms with Gasteiger partial charge in [-0.25, -0.2) is 0 Å². The van der Waals surface area contributed by atoms with Crippen LogP contribution >= 0.6 is 23.4 Å². The molecule has 104 valence electrons. The molecular weight excluding hydrogens is 296 g/mol. The summed E-state index contributed by atoms with van der Waals surface area (Å²) in [5, 5.41) is 14.7. The number of nitro benzene ring substituents is 1. The number of halogens is 1. The molecule has 0 aliphatic carbocycles. The van der Waals surface area contributed by atoms with Crippen molar-refractivity contribution in [3.05, 3.63) is 63.2 Å². The maximum atomic E-state index is 11.1. The van der Waals surface area contributed by atoms with E-state index in [1.807, 2.05) is 19.2 Å². The molecule has 0 fully saturated rings. The topological polar surface area (TPSA) is 55.2 Å². The SMILES string of the molecule is CNCc1cccc(Cl)c1Sc1ccccc1[N+](=O)[O-]. The van der Waals surface area contributed by atoms with Crippen molar-refractivity contribution >= 4 is 29.1 Å². The Morgan fingerprint density at radius 1 is 1.25 bits per heavy atom. The van der Waals surface area contributed by atoms with Crippen LogP contribution in [0.25, 0.3) is 0 Å². The highest BCUT2D eigenvalue weighted by atomic mass is 35.5. The van der Waals surface area contributed by atoms with Gasteiger partial charge in [-0.1, -0.05) is 47.6 Å². The molecule has 0 radical (unpaired) electrons. The Labute approximate surface area is 126 Å². The van der Waals surface area contributed by atoms with E-state index in [4.69, 9.17) is 11.6 Å². The Morgan fingerprint density at radius 2 is 2.00 bits per heavy atom. The zero-order valence-corrected chi connectivity index (χ0v) is 12.4. The molecule has 0 atom stereocenters. The molecular formula is C14H13ClN2O2S. The van der Waals surface area contributed by atoms with Crippen LogP contribution in [0.5, 0.6) is 0 Å². The molecule has 2 rings (SSSR count). The van der Waals surface area contributed by atoms with Gasteiger partial charge in [-0.15, -0.1) is 0 Å². The Bertz CT molecular complexity index is 634. The van der Waals surface area contributed by atoms with Crippen LogP contribution in [-0.4, -0.2) is 12.0 Å². The summed E-state index contributed by atoms with van der Waals surface area (Å²) in [4.78, 5) is 12.1. The van der Waals surface area contributed by atoms with Crippen molar-refractivity contribution in [2.75, 3.05) is 7.05 Å². The van der Waals surface area contributed by atoms with Crippen LogP contribution in [0.15, 0.2) is 52.3 Å². The molecule has 4 nitrogen and oxygen atoms in total. The van der Waals surface area contributed by atoms with Crippen LogP contribution in [0.3, 0.4) is 0 Å². The average Bonchev–Trinajstić information content (AvgIpc) is 2.43. The van der Waals surface area contributed by atoms with Crippen molar-refractivity contribution in [3.8, 4) is 0 Å². The number of nitrogens with one attached hydrogen (secondary N) is 1. The smallest absolute Gasteiger partial charge is 0.283 e. The fraction of sp³-hybridized carbons (Fsp3) is 0.143. The molecule has 20 heavy (non-hydrogen) atoms. The predicted molar refractivity (Wildman–Crippen MR) is 81.4 cm³/mol. The summed E-state index contributed by atoms with van der Waals surface area (Å²) in [5.74, 6) is 0. The summed E-state index contributed by atoms with van der Waals surface area (Å²) >= 11 is 7.55. The van der Waals surface area contributed by atoms with Gasteiger partial charge in [0.2, 0.25) is 0 Å². The van der Waals surface area contributed by atoms with Gasteiger partial charge in [-0.3, -0.25) is 10.1 Å². The molecule has 0 saturated carbocycles. The highest BCUT2D eigenvalue weighted by Crippen LogP contribution is 2.39. The molecule has 6 heteroatoms. The van der Waals surface area contributed by atoms with E-state index in [0.29, 0.717) is 16.5 Å². The van der Waals surface area contributed by atoms with Crippen molar-refractivity contribution < 1.29 is 4.92 Å². The first-order chi connectivity index (χ1) is 9.63. The number of rotatable bonds is 5. The minimum absolute atomic E-state index is 0.0906. The lowest BCUT2D eigenvalue weighted by Crippen LogP contribution is -2.06. The molecule has 0 heterocycles. The maximum absolute atomic E-state index is 11.1. The Kier molecular flexibility index (Phi) is 5.00. The molecule has 1 N–H and O–H groups in total. The standard InChI is InChI=1S/C14H13ClN2O2S/c1-16-9-10-5-4-6-11(15)14(10)20-13-8-3-2-7-12(13)17(18)19/h2-8,16H,9H2,1H3. The molecule has 0 aliphatic rings. The summed E-state index contributed by atoms with van der Waals surface area (Å²) in [5.41, 5.74) is 1.11. The highest BCUT2D eigenvalue weighted by molar-refractivity contribution is 7.99. The lowest BCUT2D eigenvalue weighted by atomic mass is 10.2. The molecule has 0 unspecified atom stereocenters.